The maximum atomic E-state index is 5.47. The molecular weight excluding hydrogens is 178 g/mol. The third kappa shape index (κ3) is 1.67. The van der Waals surface area contributed by atoms with Gasteiger partial charge in [-0.25, -0.2) is 4.98 Å². The van der Waals surface area contributed by atoms with Crippen molar-refractivity contribution in [1.82, 2.24) is 14.9 Å². The Hall–Kier alpha value is -0.870. The van der Waals surface area contributed by atoms with Crippen molar-refractivity contribution in [2.75, 3.05) is 19.8 Å². The second-order valence-electron chi connectivity index (χ2n) is 3.67. The summed E-state index contributed by atoms with van der Waals surface area (Å²) in [5, 5.41) is 3.36. The number of imidazole rings is 1. The van der Waals surface area contributed by atoms with E-state index in [1.807, 2.05) is 13.3 Å². The van der Waals surface area contributed by atoms with E-state index in [0.29, 0.717) is 5.92 Å². The SMILES string of the molecule is CCOCC1CNCc2ncn(C)c21. The van der Waals surface area contributed by atoms with Crippen molar-refractivity contribution in [2.24, 2.45) is 7.05 Å². The minimum Gasteiger partial charge on any atom is -0.381 e. The quantitative estimate of drug-likeness (QED) is 0.769. The molecule has 1 atom stereocenters. The van der Waals surface area contributed by atoms with Crippen molar-refractivity contribution < 1.29 is 4.74 Å². The molecule has 0 spiro atoms. The molecular formula is C10H17N3O. The molecule has 14 heavy (non-hydrogen) atoms. The van der Waals surface area contributed by atoms with Crippen LogP contribution in [0.2, 0.25) is 0 Å². The number of fused-ring (bicyclic) bond motifs is 1. The number of hydrogen-bond acceptors (Lipinski definition) is 3. The fourth-order valence-electron chi connectivity index (χ4n) is 2.01. The van der Waals surface area contributed by atoms with E-state index in [1.54, 1.807) is 0 Å². The maximum absolute atomic E-state index is 5.47. The summed E-state index contributed by atoms with van der Waals surface area (Å²) in [5.41, 5.74) is 2.50. The number of aromatic nitrogens is 2. The fraction of sp³-hybridized carbons (Fsp3) is 0.700. The molecule has 0 bridgehead atoms. The number of nitrogens with one attached hydrogen (secondary N) is 1. The van der Waals surface area contributed by atoms with E-state index in [-0.39, 0.29) is 0 Å². The minimum atomic E-state index is 0.450. The average Bonchev–Trinajstić information content (AvgIpc) is 2.58. The fourth-order valence-corrected chi connectivity index (χ4v) is 2.01. The van der Waals surface area contributed by atoms with E-state index in [0.717, 1.165) is 26.3 Å². The van der Waals surface area contributed by atoms with Crippen molar-refractivity contribution in [3.05, 3.63) is 17.7 Å². The lowest BCUT2D eigenvalue weighted by Gasteiger charge is -2.23. The van der Waals surface area contributed by atoms with Crippen LogP contribution >= 0.6 is 0 Å². The third-order valence-electron chi connectivity index (χ3n) is 2.66. The molecule has 2 heterocycles. The van der Waals surface area contributed by atoms with Crippen LogP contribution in [0.25, 0.3) is 0 Å². The normalized spacial score (nSPS) is 20.9. The summed E-state index contributed by atoms with van der Waals surface area (Å²) in [6, 6.07) is 0. The Morgan fingerprint density at radius 2 is 2.57 bits per heavy atom. The summed E-state index contributed by atoms with van der Waals surface area (Å²) in [6.07, 6.45) is 1.89. The van der Waals surface area contributed by atoms with Gasteiger partial charge in [0.25, 0.3) is 0 Å². The van der Waals surface area contributed by atoms with Crippen molar-refractivity contribution in [3.8, 4) is 0 Å². The van der Waals surface area contributed by atoms with Gasteiger partial charge in [0.05, 0.1) is 18.6 Å². The molecule has 0 radical (unpaired) electrons. The van der Waals surface area contributed by atoms with Gasteiger partial charge in [-0.2, -0.15) is 0 Å². The monoisotopic (exact) mass is 195 g/mol. The highest BCUT2D eigenvalue weighted by atomic mass is 16.5. The van der Waals surface area contributed by atoms with Gasteiger partial charge in [0.2, 0.25) is 0 Å². The molecule has 1 aliphatic rings. The van der Waals surface area contributed by atoms with Gasteiger partial charge in [-0.1, -0.05) is 0 Å². The molecule has 1 N–H and O–H groups in total. The number of rotatable bonds is 3. The average molecular weight is 195 g/mol. The van der Waals surface area contributed by atoms with Crippen molar-refractivity contribution in [3.63, 3.8) is 0 Å². The first-order chi connectivity index (χ1) is 6.83. The van der Waals surface area contributed by atoms with E-state index in [4.69, 9.17) is 4.74 Å². The summed E-state index contributed by atoms with van der Waals surface area (Å²) in [4.78, 5) is 4.36. The van der Waals surface area contributed by atoms with Gasteiger partial charge in [0, 0.05) is 38.4 Å². The van der Waals surface area contributed by atoms with Gasteiger partial charge in [-0.05, 0) is 6.92 Å². The number of hydrogen-bond donors (Lipinski definition) is 1. The van der Waals surface area contributed by atoms with Crippen molar-refractivity contribution >= 4 is 0 Å². The summed E-state index contributed by atoms with van der Waals surface area (Å²) >= 11 is 0. The molecule has 0 amide bonds. The highest BCUT2D eigenvalue weighted by molar-refractivity contribution is 5.21. The Morgan fingerprint density at radius 3 is 3.36 bits per heavy atom. The highest BCUT2D eigenvalue weighted by Gasteiger charge is 2.23. The van der Waals surface area contributed by atoms with Gasteiger partial charge < -0.3 is 14.6 Å². The second kappa shape index (κ2) is 4.11. The third-order valence-corrected chi connectivity index (χ3v) is 2.66. The Bertz CT molecular complexity index is 308. The number of aryl methyl sites for hydroxylation is 1. The lowest BCUT2D eigenvalue weighted by Crippen LogP contribution is -2.31. The topological polar surface area (TPSA) is 39.1 Å². The molecule has 0 saturated carbocycles. The standard InChI is InChI=1S/C10H17N3O/c1-3-14-6-8-4-11-5-9-10(8)13(2)7-12-9/h7-8,11H,3-6H2,1-2H3. The maximum Gasteiger partial charge on any atom is 0.0949 e. The molecule has 78 valence electrons. The Kier molecular flexibility index (Phi) is 2.84. The first kappa shape index (κ1) is 9.68. The van der Waals surface area contributed by atoms with E-state index in [1.165, 1.54) is 11.4 Å². The van der Waals surface area contributed by atoms with Gasteiger partial charge in [-0.3, -0.25) is 0 Å². The predicted octanol–water partition coefficient (Wildman–Crippen LogP) is 0.643. The smallest absolute Gasteiger partial charge is 0.0949 e. The van der Waals surface area contributed by atoms with Crippen LogP contribution in [0.15, 0.2) is 6.33 Å². The van der Waals surface area contributed by atoms with Gasteiger partial charge >= 0.3 is 0 Å². The van der Waals surface area contributed by atoms with E-state index >= 15 is 0 Å². The number of nitrogens with zero attached hydrogens (tertiary/aromatic N) is 2. The molecule has 1 aliphatic heterocycles. The van der Waals surface area contributed by atoms with Crippen LogP contribution in [0, 0.1) is 0 Å². The highest BCUT2D eigenvalue weighted by Crippen LogP contribution is 2.22. The largest absolute Gasteiger partial charge is 0.381 e. The Labute approximate surface area is 84.3 Å². The van der Waals surface area contributed by atoms with Gasteiger partial charge in [0.15, 0.2) is 0 Å². The second-order valence-corrected chi connectivity index (χ2v) is 3.67. The molecule has 0 fully saturated rings. The van der Waals surface area contributed by atoms with E-state index in [2.05, 4.69) is 21.9 Å². The minimum absolute atomic E-state index is 0.450. The molecule has 4 nitrogen and oxygen atoms in total. The molecule has 1 unspecified atom stereocenters. The first-order valence-electron chi connectivity index (χ1n) is 5.11. The molecule has 0 aliphatic carbocycles. The Morgan fingerprint density at radius 1 is 1.71 bits per heavy atom. The van der Waals surface area contributed by atoms with Crippen LogP contribution in [0.5, 0.6) is 0 Å². The lowest BCUT2D eigenvalue weighted by atomic mass is 10.0. The summed E-state index contributed by atoms with van der Waals surface area (Å²) in [6.45, 7) is 5.48. The van der Waals surface area contributed by atoms with Crippen molar-refractivity contribution in [2.45, 2.75) is 19.4 Å². The van der Waals surface area contributed by atoms with Crippen LogP contribution < -0.4 is 5.32 Å². The summed E-state index contributed by atoms with van der Waals surface area (Å²) in [7, 11) is 2.05. The summed E-state index contributed by atoms with van der Waals surface area (Å²) < 4.78 is 7.58. The molecule has 0 aromatic carbocycles. The molecule has 1 aromatic heterocycles. The van der Waals surface area contributed by atoms with Gasteiger partial charge in [0.1, 0.15) is 0 Å². The van der Waals surface area contributed by atoms with E-state index in [9.17, 15) is 0 Å². The zero-order valence-electron chi connectivity index (χ0n) is 8.79. The molecule has 4 heteroatoms. The summed E-state index contributed by atoms with van der Waals surface area (Å²) in [5.74, 6) is 0.450. The van der Waals surface area contributed by atoms with Crippen LogP contribution in [0.3, 0.4) is 0 Å². The van der Waals surface area contributed by atoms with Crippen LogP contribution in [-0.4, -0.2) is 29.3 Å². The predicted molar refractivity (Wildman–Crippen MR) is 54.1 cm³/mol. The molecule has 1 aromatic rings. The molecule has 0 saturated heterocycles. The van der Waals surface area contributed by atoms with Crippen LogP contribution in [-0.2, 0) is 18.3 Å². The number of ether oxygens (including phenoxy) is 1. The van der Waals surface area contributed by atoms with Crippen LogP contribution in [0.4, 0.5) is 0 Å². The van der Waals surface area contributed by atoms with E-state index < -0.39 is 0 Å². The Balaban J connectivity index is 2.16. The zero-order valence-corrected chi connectivity index (χ0v) is 8.79. The van der Waals surface area contributed by atoms with Crippen molar-refractivity contribution in [1.29, 1.82) is 0 Å². The van der Waals surface area contributed by atoms with Crippen LogP contribution in [0.1, 0.15) is 24.2 Å². The molecule has 2 rings (SSSR count). The van der Waals surface area contributed by atoms with Gasteiger partial charge in [-0.15, -0.1) is 0 Å². The zero-order chi connectivity index (χ0) is 9.97. The lowest BCUT2D eigenvalue weighted by molar-refractivity contribution is 0.127. The first-order valence-corrected chi connectivity index (χ1v) is 5.11.